The van der Waals surface area contributed by atoms with Crippen LogP contribution in [0, 0.1) is 31.3 Å². The molecule has 3 fully saturated rings. The third-order valence-electron chi connectivity index (χ3n) is 23.9. The van der Waals surface area contributed by atoms with Crippen LogP contribution < -0.4 is 26.1 Å². The second-order valence-electron chi connectivity index (χ2n) is 35.2. The normalized spacial score (nSPS) is 17.2. The fraction of sp³-hybridized carbons (Fsp3) is 0.357. The van der Waals surface area contributed by atoms with Gasteiger partial charge in [0.05, 0.1) is 87.5 Å². The van der Waals surface area contributed by atoms with Crippen LogP contribution in [0.15, 0.2) is 185 Å². The van der Waals surface area contributed by atoms with E-state index in [0.29, 0.717) is 143 Å². The molecule has 0 spiro atoms. The first-order valence-electron chi connectivity index (χ1n) is 43.6. The standard InChI is InChI=1S/C34H40ClFN8O2.C32H34ClFN6O4S.C32H34ClFN6O/c1-20(2)28-31(29(21(3)4)38-19-37-28)44-33-24(17-25(35)30(39-33)23-11-8-9-12-26(23)36)32(40-34(44)46)43-16-15-42(18-22(43)5)27(45)13-10-14-41(6)7;1-8-26(41)38-15-20(6)39(16-19(38)5)30-23-14-24(33)28(22-13-21(45(7,43)44)9-10-25(22)34)36-31(23)40(32(42)37-30)29-18(4)11-12-35-27(29)17(2)3;1-8-28(41)38-16-21(6)39(17-20(38)5)31-24-13-26(33)29(23-11-9-10-12-27(23)34)37-32(24)40(22(7)36-31)30-19(4)14-35-15-25(30)18(2)3/h8-13,17,19-22H,14-16,18H2,1-7H3;8-14,17,19-20H,1,15-16H2,2-7H3;8-15,18,20-21H,1,7,16-17H2,2-6H3/b13-10+;;/t22-;;/m0../s1. The smallest absolute Gasteiger partial charge is 0.350 e. The van der Waals surface area contributed by atoms with Crippen LogP contribution >= 0.6 is 34.8 Å². The number of halogens is 6. The molecule has 690 valence electrons. The number of aryl methyl sites for hydroxylation is 2. The summed E-state index contributed by atoms with van der Waals surface area (Å²) >= 11 is 20.5. The molecule has 4 aliphatic heterocycles. The Morgan fingerprint density at radius 2 is 1.02 bits per heavy atom. The molecular weight excluding hydrogens is 1760 g/mol. The number of hydrogen-bond acceptors (Lipinski definition) is 22. The van der Waals surface area contributed by atoms with Gasteiger partial charge in [-0.1, -0.05) is 140 Å². The van der Waals surface area contributed by atoms with Crippen LogP contribution in [0.4, 0.5) is 36.3 Å². The van der Waals surface area contributed by atoms with Gasteiger partial charge in [0.2, 0.25) is 17.7 Å². The molecule has 15 rings (SSSR count). The molecule has 4 unspecified atom stereocenters. The van der Waals surface area contributed by atoms with Gasteiger partial charge in [-0.3, -0.25) is 29.3 Å². The fourth-order valence-electron chi connectivity index (χ4n) is 17.2. The Bertz CT molecular complexity index is 6700. The van der Waals surface area contributed by atoms with Crippen molar-refractivity contribution >= 4 is 113 Å². The summed E-state index contributed by atoms with van der Waals surface area (Å²) in [6, 6.07) is 22.2. The lowest BCUT2D eigenvalue weighted by molar-refractivity contribution is -0.131. The lowest BCUT2D eigenvalue weighted by Gasteiger charge is -2.46. The number of likely N-dealkylation sites (N-methyl/N-ethyl adjacent to an activating group) is 1. The van der Waals surface area contributed by atoms with E-state index in [-0.39, 0.29) is 120 Å². The first kappa shape index (κ1) is 97.1. The van der Waals surface area contributed by atoms with Crippen molar-refractivity contribution in [3.8, 4) is 45.1 Å². The quantitative estimate of drug-likeness (QED) is 0.0570. The number of rotatable bonds is 18. The maximum Gasteiger partial charge on any atom is 0.355 e. The van der Waals surface area contributed by atoms with Crippen LogP contribution in [0.5, 0.6) is 0 Å². The van der Waals surface area contributed by atoms with E-state index in [4.69, 9.17) is 54.7 Å². The van der Waals surface area contributed by atoms with Crippen molar-refractivity contribution in [1.82, 2.24) is 78.5 Å². The molecule has 3 saturated heterocycles. The van der Waals surface area contributed by atoms with Gasteiger partial charge in [-0.25, -0.2) is 70.2 Å². The molecule has 132 heavy (non-hydrogen) atoms. The third kappa shape index (κ3) is 19.6. The van der Waals surface area contributed by atoms with Crippen LogP contribution in [-0.4, -0.2) is 213 Å². The Hall–Kier alpha value is -12.4. The second-order valence-corrected chi connectivity index (χ2v) is 38.4. The van der Waals surface area contributed by atoms with Gasteiger partial charge in [0.25, 0.3) is 0 Å². The summed E-state index contributed by atoms with van der Waals surface area (Å²) in [5, 5.41) is 1.51. The molecule has 34 heteroatoms. The summed E-state index contributed by atoms with van der Waals surface area (Å²) in [6.45, 7) is 45.2. The van der Waals surface area contributed by atoms with E-state index >= 15 is 13.2 Å². The molecule has 3 amide bonds. The highest BCUT2D eigenvalue weighted by Crippen LogP contribution is 2.47. The minimum absolute atomic E-state index is 0.0343. The average molecular weight is 1870 g/mol. The minimum atomic E-state index is -3.68. The Morgan fingerprint density at radius 1 is 0.530 bits per heavy atom. The van der Waals surface area contributed by atoms with E-state index in [0.717, 1.165) is 34.7 Å². The molecule has 0 radical (unpaired) electrons. The Kier molecular flexibility index (Phi) is 29.4. The first-order chi connectivity index (χ1) is 62.5. The number of pyridine rings is 5. The van der Waals surface area contributed by atoms with E-state index in [2.05, 4.69) is 75.3 Å². The molecule has 3 aromatic carbocycles. The maximum absolute atomic E-state index is 15.3. The monoisotopic (exact) mass is 1870 g/mol. The lowest BCUT2D eigenvalue weighted by Crippen LogP contribution is -2.59. The lowest BCUT2D eigenvalue weighted by atomic mass is 9.98. The van der Waals surface area contributed by atoms with Gasteiger partial charge >= 0.3 is 11.4 Å². The van der Waals surface area contributed by atoms with Gasteiger partial charge in [0.15, 0.2) is 26.9 Å². The van der Waals surface area contributed by atoms with Gasteiger partial charge in [-0.2, -0.15) is 9.97 Å². The largest absolute Gasteiger partial charge is 0.355 e. The zero-order chi connectivity index (χ0) is 95.8. The molecule has 4 aliphatic rings. The van der Waals surface area contributed by atoms with Gasteiger partial charge in [-0.15, -0.1) is 0 Å². The number of sulfone groups is 1. The van der Waals surface area contributed by atoms with Crippen molar-refractivity contribution in [2.45, 2.75) is 163 Å². The molecule has 27 nitrogen and oxygen atoms in total. The Labute approximate surface area is 781 Å². The van der Waals surface area contributed by atoms with Crippen LogP contribution in [0.2, 0.25) is 15.1 Å². The highest BCUT2D eigenvalue weighted by atomic mass is 35.5. The van der Waals surface area contributed by atoms with Gasteiger partial charge in [0, 0.05) is 130 Å². The Balaban J connectivity index is 0.000000169. The van der Waals surface area contributed by atoms with E-state index < -0.39 is 38.7 Å². The summed E-state index contributed by atoms with van der Waals surface area (Å²) in [7, 11) is 0.206. The summed E-state index contributed by atoms with van der Waals surface area (Å²) in [5.41, 5.74) is 7.40. The van der Waals surface area contributed by atoms with E-state index in [1.54, 1.807) is 82.9 Å². The zero-order valence-electron chi connectivity index (χ0n) is 77.2. The Morgan fingerprint density at radius 3 is 1.55 bits per heavy atom. The molecule has 11 aromatic rings. The predicted octanol–water partition coefficient (Wildman–Crippen LogP) is 17.4. The fourth-order valence-corrected chi connectivity index (χ4v) is 18.6. The van der Waals surface area contributed by atoms with Crippen LogP contribution in [-0.2, 0) is 24.2 Å². The molecule has 5 atom stereocenters. The predicted molar refractivity (Wildman–Crippen MR) is 517 cm³/mol. The first-order valence-corrected chi connectivity index (χ1v) is 46.6. The average Bonchev–Trinajstić information content (AvgIpc) is 0.739. The van der Waals surface area contributed by atoms with Crippen molar-refractivity contribution in [2.75, 3.05) is 87.4 Å². The number of carbonyl (C=O) groups is 3. The van der Waals surface area contributed by atoms with Gasteiger partial charge in [-0.05, 0) is 182 Å². The van der Waals surface area contributed by atoms with E-state index in [1.807, 2.05) is 140 Å². The number of hydrogen-bond donors (Lipinski definition) is 0. The summed E-state index contributed by atoms with van der Waals surface area (Å²) in [6.07, 6.45) is 13.9. The third-order valence-corrected chi connectivity index (χ3v) is 25.8. The summed E-state index contributed by atoms with van der Waals surface area (Å²) in [5.74, 6) is 0.428. The topological polar surface area (TPSA) is 284 Å². The molecular formula is C98H108Cl3F3N20O7S. The number of anilines is 4. The van der Waals surface area contributed by atoms with Crippen molar-refractivity contribution in [2.24, 2.45) is 4.99 Å². The molecule has 0 N–H and O–H groups in total. The summed E-state index contributed by atoms with van der Waals surface area (Å²) in [4.78, 5) is 129. The van der Waals surface area contributed by atoms with Crippen molar-refractivity contribution in [3.63, 3.8) is 0 Å². The maximum atomic E-state index is 15.3. The molecule has 0 bridgehead atoms. The van der Waals surface area contributed by atoms with Gasteiger partial charge in [0.1, 0.15) is 47.1 Å². The van der Waals surface area contributed by atoms with E-state index in [9.17, 15) is 32.4 Å². The van der Waals surface area contributed by atoms with Crippen LogP contribution in [0.3, 0.4) is 0 Å². The number of aliphatic imine (C=N–C) groups is 1. The number of nitrogens with zero attached hydrogens (tertiary/aromatic N) is 20. The summed E-state index contributed by atoms with van der Waals surface area (Å²) < 4.78 is 72.9. The highest BCUT2D eigenvalue weighted by molar-refractivity contribution is 7.90. The number of amides is 3. The second kappa shape index (κ2) is 39.9. The molecule has 0 aliphatic carbocycles. The van der Waals surface area contributed by atoms with Crippen molar-refractivity contribution < 1.29 is 36.0 Å². The number of fused-ring (bicyclic) bond motifs is 3. The molecule has 0 saturated carbocycles. The highest BCUT2D eigenvalue weighted by Gasteiger charge is 2.41. The SMILES string of the molecule is C=CC(=O)N1CC(C)N(C2=NC(=C)N(c3c(C)cncc3C(C)C)c3nc(-c4ccccc4F)c(Cl)cc32)CC1C.C=CC(=O)N1CC(C)N(c2nc(=O)n(-c3c(C)ccnc3C(C)C)c3nc(-c4cc(S(C)(=O)=O)ccc4F)c(Cl)cc23)CC1C.CC(C)c1ncnc(C(C)C)c1-n1c(=O)nc(N2CCN(C(=O)/C=C/CN(C)C)C[C@@H]2C)c2cc(Cl)c(-c3ccccc3F)nc21. The molecule has 8 aromatic heterocycles. The number of benzene rings is 3. The minimum Gasteiger partial charge on any atom is -0.350 e. The number of amidine groups is 1. The van der Waals surface area contributed by atoms with Crippen molar-refractivity contribution in [1.29, 1.82) is 0 Å². The van der Waals surface area contributed by atoms with Crippen molar-refractivity contribution in [3.05, 3.63) is 259 Å². The van der Waals surface area contributed by atoms with Crippen LogP contribution in [0.25, 0.3) is 67.2 Å². The zero-order valence-corrected chi connectivity index (χ0v) is 80.3. The number of aromatic nitrogens is 11. The van der Waals surface area contributed by atoms with Gasteiger partial charge < -0.3 is 34.3 Å². The van der Waals surface area contributed by atoms with E-state index in [1.165, 1.54) is 51.9 Å². The number of piperazine rings is 3. The van der Waals surface area contributed by atoms with Crippen LogP contribution in [0.1, 0.15) is 153 Å². The number of carbonyl (C=O) groups excluding carboxylic acids is 3. The molecule has 12 heterocycles.